The van der Waals surface area contributed by atoms with Crippen LogP contribution in [0.15, 0.2) is 18.3 Å². The van der Waals surface area contributed by atoms with Crippen molar-refractivity contribution in [2.45, 2.75) is 6.18 Å². The molecule has 0 unspecified atom stereocenters. The maximum absolute atomic E-state index is 11.8. The summed E-state index contributed by atoms with van der Waals surface area (Å²) in [6.07, 6.45) is -2.89. The molecule has 0 aliphatic carbocycles. The number of halogens is 3. The number of aromatic nitrogens is 1. The number of alkyl halides is 3. The van der Waals surface area contributed by atoms with Gasteiger partial charge in [-0.1, -0.05) is 0 Å². The number of pyridine rings is 1. The zero-order chi connectivity index (χ0) is 14.3. The van der Waals surface area contributed by atoms with Crippen molar-refractivity contribution in [3.8, 4) is 0 Å². The van der Waals surface area contributed by atoms with Gasteiger partial charge in [0.1, 0.15) is 12.4 Å². The first kappa shape index (κ1) is 15.2. The molecule has 2 N–H and O–H groups in total. The third-order valence-electron chi connectivity index (χ3n) is 2.08. The second kappa shape index (κ2) is 6.93. The molecule has 19 heavy (non-hydrogen) atoms. The fourth-order valence-corrected chi connectivity index (χ4v) is 1.24. The molecule has 0 radical (unpaired) electrons. The zero-order valence-corrected chi connectivity index (χ0v) is 10.3. The van der Waals surface area contributed by atoms with E-state index in [2.05, 4.69) is 20.4 Å². The molecule has 106 valence electrons. The third kappa shape index (κ3) is 6.05. The second-order valence-electron chi connectivity index (χ2n) is 3.60. The number of carbonyl (C=O) groups is 1. The Hall–Kier alpha value is -1.83. The van der Waals surface area contributed by atoms with E-state index in [0.717, 1.165) is 0 Å². The first-order chi connectivity index (χ1) is 8.92. The summed E-state index contributed by atoms with van der Waals surface area (Å²) in [6.45, 7) is -1.51. The minimum absolute atomic E-state index is 0.00607. The Labute approximate surface area is 108 Å². The van der Waals surface area contributed by atoms with Crippen LogP contribution in [0.4, 0.5) is 19.0 Å². The lowest BCUT2D eigenvalue weighted by Crippen LogP contribution is -2.28. The summed E-state index contributed by atoms with van der Waals surface area (Å²) < 4.78 is 39.7. The lowest BCUT2D eigenvalue weighted by molar-refractivity contribution is -0.173. The van der Waals surface area contributed by atoms with Crippen molar-refractivity contribution in [2.24, 2.45) is 0 Å². The van der Waals surface area contributed by atoms with Crippen LogP contribution in [0.5, 0.6) is 0 Å². The van der Waals surface area contributed by atoms with Gasteiger partial charge in [0.2, 0.25) is 0 Å². The Morgan fingerprint density at radius 3 is 2.84 bits per heavy atom. The van der Waals surface area contributed by atoms with Gasteiger partial charge in [-0.2, -0.15) is 13.2 Å². The van der Waals surface area contributed by atoms with Gasteiger partial charge in [0.25, 0.3) is 5.91 Å². The quantitative estimate of drug-likeness (QED) is 0.772. The molecule has 1 rings (SSSR count). The van der Waals surface area contributed by atoms with Crippen LogP contribution in [-0.2, 0) is 4.74 Å². The average molecular weight is 277 g/mol. The summed E-state index contributed by atoms with van der Waals surface area (Å²) in [7, 11) is 1.66. The Bertz CT molecular complexity index is 424. The van der Waals surface area contributed by atoms with E-state index in [9.17, 15) is 18.0 Å². The summed E-state index contributed by atoms with van der Waals surface area (Å²) in [5.41, 5.74) is 0.371. The van der Waals surface area contributed by atoms with Crippen molar-refractivity contribution in [1.82, 2.24) is 10.3 Å². The molecule has 0 aliphatic heterocycles. The van der Waals surface area contributed by atoms with Crippen LogP contribution in [-0.4, -0.2) is 43.9 Å². The number of amides is 1. The largest absolute Gasteiger partial charge is 0.411 e. The van der Waals surface area contributed by atoms with E-state index in [-0.39, 0.29) is 13.2 Å². The van der Waals surface area contributed by atoms with Gasteiger partial charge < -0.3 is 15.4 Å². The van der Waals surface area contributed by atoms with Gasteiger partial charge in [-0.15, -0.1) is 0 Å². The molecule has 8 heteroatoms. The molecule has 5 nitrogen and oxygen atoms in total. The highest BCUT2D eigenvalue weighted by atomic mass is 19.4. The molecule has 0 atom stereocenters. The second-order valence-corrected chi connectivity index (χ2v) is 3.60. The van der Waals surface area contributed by atoms with Crippen LogP contribution >= 0.6 is 0 Å². The van der Waals surface area contributed by atoms with Gasteiger partial charge in [-0.05, 0) is 12.1 Å². The Balaban J connectivity index is 2.31. The predicted octanol–water partition coefficient (Wildman–Crippen LogP) is 1.43. The van der Waals surface area contributed by atoms with Crippen LogP contribution in [0.25, 0.3) is 0 Å². The molecule has 1 aromatic heterocycles. The van der Waals surface area contributed by atoms with E-state index in [4.69, 9.17) is 0 Å². The van der Waals surface area contributed by atoms with Crippen molar-refractivity contribution in [3.63, 3.8) is 0 Å². The molecule has 1 aromatic rings. The molecular weight excluding hydrogens is 263 g/mol. The summed E-state index contributed by atoms with van der Waals surface area (Å²) >= 11 is 0. The van der Waals surface area contributed by atoms with E-state index in [0.29, 0.717) is 11.4 Å². The summed E-state index contributed by atoms with van der Waals surface area (Å²) in [4.78, 5) is 15.6. The van der Waals surface area contributed by atoms with E-state index < -0.39 is 18.7 Å². The smallest absolute Gasteiger partial charge is 0.373 e. The molecule has 0 spiro atoms. The first-order valence-corrected chi connectivity index (χ1v) is 5.49. The Morgan fingerprint density at radius 2 is 2.21 bits per heavy atom. The van der Waals surface area contributed by atoms with Crippen LogP contribution in [0.2, 0.25) is 0 Å². The number of rotatable bonds is 6. The molecule has 1 amide bonds. The normalized spacial score (nSPS) is 11.2. The van der Waals surface area contributed by atoms with Gasteiger partial charge in [0.15, 0.2) is 0 Å². The minimum atomic E-state index is -4.35. The molecule has 0 saturated carbocycles. The predicted molar refractivity (Wildman–Crippen MR) is 63.0 cm³/mol. The maximum atomic E-state index is 11.8. The average Bonchev–Trinajstić information content (AvgIpc) is 2.37. The van der Waals surface area contributed by atoms with Gasteiger partial charge in [-0.3, -0.25) is 4.79 Å². The van der Waals surface area contributed by atoms with Gasteiger partial charge >= 0.3 is 6.18 Å². The number of ether oxygens (including phenoxy) is 1. The van der Waals surface area contributed by atoms with Crippen molar-refractivity contribution in [1.29, 1.82) is 0 Å². The molecule has 0 aliphatic rings. The number of nitrogens with zero attached hydrogens (tertiary/aromatic N) is 1. The van der Waals surface area contributed by atoms with Crippen molar-refractivity contribution in [2.75, 3.05) is 32.1 Å². The fourth-order valence-electron chi connectivity index (χ4n) is 1.24. The van der Waals surface area contributed by atoms with Crippen molar-refractivity contribution in [3.05, 3.63) is 23.9 Å². The number of hydrogen-bond donors (Lipinski definition) is 2. The highest BCUT2D eigenvalue weighted by Crippen LogP contribution is 2.14. The summed E-state index contributed by atoms with van der Waals surface area (Å²) in [5, 5.41) is 5.22. The molecular formula is C11H14F3N3O2. The van der Waals surface area contributed by atoms with Crippen molar-refractivity contribution < 1.29 is 22.7 Å². The van der Waals surface area contributed by atoms with E-state index in [1.165, 1.54) is 18.3 Å². The summed E-state index contributed by atoms with van der Waals surface area (Å²) in [5.74, 6) is 0.135. The number of anilines is 1. The first-order valence-electron chi connectivity index (χ1n) is 5.49. The topological polar surface area (TPSA) is 63.2 Å². The zero-order valence-electron chi connectivity index (χ0n) is 10.3. The molecule has 1 heterocycles. The van der Waals surface area contributed by atoms with Crippen molar-refractivity contribution >= 4 is 11.7 Å². The van der Waals surface area contributed by atoms with Gasteiger partial charge in [0.05, 0.1) is 6.61 Å². The van der Waals surface area contributed by atoms with Gasteiger partial charge in [-0.25, -0.2) is 4.98 Å². The molecule has 0 aromatic carbocycles. The third-order valence-corrected chi connectivity index (χ3v) is 2.08. The van der Waals surface area contributed by atoms with E-state index in [1.807, 2.05) is 0 Å². The van der Waals surface area contributed by atoms with E-state index >= 15 is 0 Å². The monoisotopic (exact) mass is 277 g/mol. The number of carbonyl (C=O) groups excluding carboxylic acids is 1. The number of nitrogens with one attached hydrogen (secondary N) is 2. The van der Waals surface area contributed by atoms with Crippen LogP contribution < -0.4 is 10.6 Å². The summed E-state index contributed by atoms with van der Waals surface area (Å²) in [6, 6.07) is 3.04. The van der Waals surface area contributed by atoms with Gasteiger partial charge in [0, 0.05) is 25.4 Å². The van der Waals surface area contributed by atoms with Crippen LogP contribution in [0, 0.1) is 0 Å². The molecule has 0 saturated heterocycles. The number of hydrogen-bond acceptors (Lipinski definition) is 4. The molecule has 0 bridgehead atoms. The maximum Gasteiger partial charge on any atom is 0.411 e. The highest BCUT2D eigenvalue weighted by molar-refractivity contribution is 5.94. The highest BCUT2D eigenvalue weighted by Gasteiger charge is 2.27. The fraction of sp³-hybridized carbons (Fsp3) is 0.455. The van der Waals surface area contributed by atoms with Crippen LogP contribution in [0.3, 0.4) is 0 Å². The van der Waals surface area contributed by atoms with Crippen LogP contribution in [0.1, 0.15) is 10.4 Å². The standard InChI is InChI=1S/C11H14F3N3O2/c1-15-9-6-8(2-3-16-9)10(18)17-4-5-19-7-11(12,13)14/h2-3,6H,4-5,7H2,1H3,(H,15,16)(H,17,18). The minimum Gasteiger partial charge on any atom is -0.373 e. The van der Waals surface area contributed by atoms with E-state index in [1.54, 1.807) is 7.05 Å². The Kier molecular flexibility index (Phi) is 5.56. The SMILES string of the molecule is CNc1cc(C(=O)NCCOCC(F)(F)F)ccn1. The lowest BCUT2D eigenvalue weighted by Gasteiger charge is -2.09. The lowest BCUT2D eigenvalue weighted by atomic mass is 10.2. The Morgan fingerprint density at radius 1 is 1.47 bits per heavy atom. The molecule has 0 fully saturated rings.